The second-order valence-electron chi connectivity index (χ2n) is 2.93. The summed E-state index contributed by atoms with van der Waals surface area (Å²) in [5.74, 6) is 0.959. The zero-order valence-corrected chi connectivity index (χ0v) is 8.29. The lowest BCUT2D eigenvalue weighted by atomic mass is 9.90. The topological polar surface area (TPSA) is 9.23 Å². The van der Waals surface area contributed by atoms with Crippen molar-refractivity contribution in [3.8, 4) is 0 Å². The molecule has 0 aromatic rings. The average molecular weight is 190 g/mol. The molecule has 0 heterocycles. The van der Waals surface area contributed by atoms with Crippen molar-refractivity contribution in [1.29, 1.82) is 0 Å². The minimum atomic E-state index is 0.426. The Hall–Kier alpha value is 0.240. The highest BCUT2D eigenvalue weighted by Crippen LogP contribution is 2.25. The second kappa shape index (κ2) is 4.99. The molecule has 0 radical (unpaired) electrons. The molecule has 0 aromatic carbocycles. The van der Waals surface area contributed by atoms with Crippen LogP contribution in [0.15, 0.2) is 0 Å². The van der Waals surface area contributed by atoms with Crippen LogP contribution in [0.4, 0.5) is 0 Å². The van der Waals surface area contributed by atoms with Crippen LogP contribution in [0.2, 0.25) is 0 Å². The van der Waals surface area contributed by atoms with Crippen LogP contribution in [-0.4, -0.2) is 11.0 Å². The molecule has 1 rings (SSSR count). The van der Waals surface area contributed by atoms with E-state index in [0.717, 1.165) is 5.05 Å². The van der Waals surface area contributed by atoms with Crippen LogP contribution in [0, 0.1) is 5.92 Å². The van der Waals surface area contributed by atoms with E-state index in [1.54, 1.807) is 0 Å². The Morgan fingerprint density at radius 1 is 1.36 bits per heavy atom. The summed E-state index contributed by atoms with van der Waals surface area (Å²) < 4.78 is 5.18. The smallest absolute Gasteiger partial charge is 0.164 e. The maximum Gasteiger partial charge on any atom is 0.164 e. The SMILES string of the molecule is S=C(OCS)C1CCCCC1. The van der Waals surface area contributed by atoms with E-state index < -0.39 is 0 Å². The van der Waals surface area contributed by atoms with Crippen LogP contribution in [0.25, 0.3) is 0 Å². The molecule has 0 aliphatic heterocycles. The third kappa shape index (κ3) is 2.99. The molecule has 0 N–H and O–H groups in total. The van der Waals surface area contributed by atoms with Crippen molar-refractivity contribution in [2.24, 2.45) is 5.92 Å². The molecule has 0 aromatic heterocycles. The predicted molar refractivity (Wildman–Crippen MR) is 54.1 cm³/mol. The first kappa shape index (κ1) is 9.33. The van der Waals surface area contributed by atoms with E-state index in [1.165, 1.54) is 32.1 Å². The van der Waals surface area contributed by atoms with Crippen LogP contribution in [-0.2, 0) is 4.74 Å². The van der Waals surface area contributed by atoms with Crippen molar-refractivity contribution in [2.75, 3.05) is 5.94 Å². The molecule has 3 heteroatoms. The molecule has 1 saturated carbocycles. The van der Waals surface area contributed by atoms with Crippen molar-refractivity contribution in [1.82, 2.24) is 0 Å². The molecule has 1 fully saturated rings. The second-order valence-corrected chi connectivity index (χ2v) is 3.59. The van der Waals surface area contributed by atoms with Gasteiger partial charge in [-0.2, -0.15) is 0 Å². The molecule has 1 aliphatic rings. The third-order valence-corrected chi connectivity index (χ3v) is 2.73. The van der Waals surface area contributed by atoms with Gasteiger partial charge in [-0.1, -0.05) is 19.3 Å². The number of rotatable bonds is 2. The Bertz CT molecular complexity index is 130. The van der Waals surface area contributed by atoms with E-state index in [9.17, 15) is 0 Å². The van der Waals surface area contributed by atoms with E-state index in [-0.39, 0.29) is 0 Å². The predicted octanol–water partition coefficient (Wildman–Crippen LogP) is 2.80. The van der Waals surface area contributed by atoms with Crippen LogP contribution in [0.5, 0.6) is 0 Å². The van der Waals surface area contributed by atoms with Gasteiger partial charge in [0.05, 0.1) is 0 Å². The fourth-order valence-electron chi connectivity index (χ4n) is 1.52. The number of ether oxygens (including phenoxy) is 1. The summed E-state index contributed by atoms with van der Waals surface area (Å²) in [4.78, 5) is 0. The maximum absolute atomic E-state index is 5.18. The molecule has 1 nitrogen and oxygen atoms in total. The Morgan fingerprint density at radius 2 is 2.00 bits per heavy atom. The van der Waals surface area contributed by atoms with Gasteiger partial charge in [0, 0.05) is 5.92 Å². The number of hydrogen-bond acceptors (Lipinski definition) is 3. The van der Waals surface area contributed by atoms with E-state index in [1.807, 2.05) is 0 Å². The first-order valence-electron chi connectivity index (χ1n) is 4.12. The molecular weight excluding hydrogens is 176 g/mol. The van der Waals surface area contributed by atoms with Gasteiger partial charge < -0.3 is 4.74 Å². The normalized spacial score (nSPS) is 19.7. The lowest BCUT2D eigenvalue weighted by molar-refractivity contribution is 0.326. The van der Waals surface area contributed by atoms with Crippen molar-refractivity contribution >= 4 is 29.9 Å². The molecule has 0 unspecified atom stereocenters. The van der Waals surface area contributed by atoms with Crippen molar-refractivity contribution in [2.45, 2.75) is 32.1 Å². The van der Waals surface area contributed by atoms with Crippen LogP contribution < -0.4 is 0 Å². The zero-order chi connectivity index (χ0) is 8.10. The van der Waals surface area contributed by atoms with Gasteiger partial charge in [0.1, 0.15) is 5.94 Å². The van der Waals surface area contributed by atoms with Crippen molar-refractivity contribution in [3.05, 3.63) is 0 Å². The van der Waals surface area contributed by atoms with E-state index in [0.29, 0.717) is 11.9 Å². The molecule has 0 amide bonds. The Labute approximate surface area is 78.9 Å². The van der Waals surface area contributed by atoms with Gasteiger partial charge >= 0.3 is 0 Å². The fraction of sp³-hybridized carbons (Fsp3) is 0.875. The van der Waals surface area contributed by atoms with Crippen molar-refractivity contribution in [3.63, 3.8) is 0 Å². The summed E-state index contributed by atoms with van der Waals surface area (Å²) >= 11 is 9.07. The molecule has 0 atom stereocenters. The van der Waals surface area contributed by atoms with Gasteiger partial charge in [0.15, 0.2) is 5.05 Å². The number of thiocarbonyl (C=S) groups is 1. The molecular formula is C8H14OS2. The minimum Gasteiger partial charge on any atom is -0.476 e. The van der Waals surface area contributed by atoms with E-state index in [2.05, 4.69) is 12.6 Å². The Balaban J connectivity index is 2.27. The van der Waals surface area contributed by atoms with Gasteiger partial charge in [-0.25, -0.2) is 0 Å². The molecule has 0 saturated heterocycles. The largest absolute Gasteiger partial charge is 0.476 e. The van der Waals surface area contributed by atoms with Gasteiger partial charge in [-0.15, -0.1) is 12.6 Å². The number of thiol groups is 1. The summed E-state index contributed by atoms with van der Waals surface area (Å²) in [6, 6.07) is 0. The van der Waals surface area contributed by atoms with Gasteiger partial charge in [-0.05, 0) is 25.1 Å². The summed E-state index contributed by atoms with van der Waals surface area (Å²) in [5.41, 5.74) is 0. The monoisotopic (exact) mass is 190 g/mol. The quantitative estimate of drug-likeness (QED) is 0.407. The van der Waals surface area contributed by atoms with Crippen LogP contribution in [0.3, 0.4) is 0 Å². The highest BCUT2D eigenvalue weighted by atomic mass is 32.1. The third-order valence-electron chi connectivity index (χ3n) is 2.15. The number of hydrogen-bond donors (Lipinski definition) is 1. The average Bonchev–Trinajstić information content (AvgIpc) is 2.07. The lowest BCUT2D eigenvalue weighted by Crippen LogP contribution is -2.18. The Morgan fingerprint density at radius 3 is 2.55 bits per heavy atom. The van der Waals surface area contributed by atoms with E-state index >= 15 is 0 Å². The summed E-state index contributed by atoms with van der Waals surface area (Å²) in [5, 5.41) is 0.778. The highest BCUT2D eigenvalue weighted by Gasteiger charge is 2.18. The summed E-state index contributed by atoms with van der Waals surface area (Å²) in [6.07, 6.45) is 6.40. The molecule has 0 spiro atoms. The minimum absolute atomic E-state index is 0.426. The van der Waals surface area contributed by atoms with Gasteiger partial charge in [0.2, 0.25) is 0 Å². The first-order valence-corrected chi connectivity index (χ1v) is 5.16. The van der Waals surface area contributed by atoms with Crippen LogP contribution >= 0.6 is 24.8 Å². The van der Waals surface area contributed by atoms with Crippen molar-refractivity contribution < 1.29 is 4.74 Å². The standard InChI is InChI=1S/C8H14OS2/c10-6-9-8(11)7-4-2-1-3-5-7/h7,10H,1-6H2. The van der Waals surface area contributed by atoms with Gasteiger partial charge in [-0.3, -0.25) is 0 Å². The fourth-order valence-corrected chi connectivity index (χ4v) is 2.04. The molecule has 0 bridgehead atoms. The molecule has 1 aliphatic carbocycles. The van der Waals surface area contributed by atoms with E-state index in [4.69, 9.17) is 17.0 Å². The molecule has 11 heavy (non-hydrogen) atoms. The first-order chi connectivity index (χ1) is 5.34. The lowest BCUT2D eigenvalue weighted by Gasteiger charge is -2.21. The summed E-state index contributed by atoms with van der Waals surface area (Å²) in [7, 11) is 0. The van der Waals surface area contributed by atoms with Crippen LogP contribution in [0.1, 0.15) is 32.1 Å². The summed E-state index contributed by atoms with van der Waals surface area (Å²) in [6.45, 7) is 0. The highest BCUT2D eigenvalue weighted by molar-refractivity contribution is 7.81. The zero-order valence-electron chi connectivity index (χ0n) is 6.58. The maximum atomic E-state index is 5.18. The molecule has 64 valence electrons. The Kier molecular flexibility index (Phi) is 4.23. The van der Waals surface area contributed by atoms with Gasteiger partial charge in [0.25, 0.3) is 0 Å².